The van der Waals surface area contributed by atoms with Gasteiger partial charge in [-0.05, 0) is 50.7 Å². The summed E-state index contributed by atoms with van der Waals surface area (Å²) in [5, 5.41) is 3.92. The summed E-state index contributed by atoms with van der Waals surface area (Å²) >= 11 is 6.55. The van der Waals surface area contributed by atoms with E-state index in [1.807, 2.05) is 25.1 Å². The van der Waals surface area contributed by atoms with Crippen LogP contribution in [0.15, 0.2) is 30.3 Å². The highest BCUT2D eigenvalue weighted by Gasteiger charge is 2.27. The van der Waals surface area contributed by atoms with Gasteiger partial charge in [-0.2, -0.15) is 0 Å². The van der Waals surface area contributed by atoms with Crippen molar-refractivity contribution in [2.75, 3.05) is 26.9 Å². The Bertz CT molecular complexity index is 895. The zero-order valence-electron chi connectivity index (χ0n) is 19.3. The first-order chi connectivity index (χ1) is 15.5. The maximum atomic E-state index is 12.5. The van der Waals surface area contributed by atoms with Gasteiger partial charge >= 0.3 is 0 Å². The lowest BCUT2D eigenvalue weighted by atomic mass is 10.0. The summed E-state index contributed by atoms with van der Waals surface area (Å²) in [7, 11) is 1.55. The Morgan fingerprint density at radius 1 is 1.06 bits per heavy atom. The van der Waals surface area contributed by atoms with Gasteiger partial charge in [0, 0.05) is 12.6 Å². The van der Waals surface area contributed by atoms with E-state index in [-0.39, 0.29) is 5.78 Å². The molecule has 2 aromatic carbocycles. The third-order valence-electron chi connectivity index (χ3n) is 5.93. The fraction of sp³-hybridized carbons (Fsp3) is 0.500. The molecule has 0 atom stereocenters. The largest absolute Gasteiger partial charge is 0.491 e. The zero-order chi connectivity index (χ0) is 22.9. The van der Waals surface area contributed by atoms with Gasteiger partial charge in [-0.3, -0.25) is 4.79 Å². The van der Waals surface area contributed by atoms with Gasteiger partial charge in [0.05, 0.1) is 24.3 Å². The van der Waals surface area contributed by atoms with Crippen molar-refractivity contribution < 1.29 is 19.0 Å². The van der Waals surface area contributed by atoms with E-state index in [4.69, 9.17) is 25.8 Å². The fourth-order valence-electron chi connectivity index (χ4n) is 4.28. The van der Waals surface area contributed by atoms with Crippen LogP contribution in [0.5, 0.6) is 17.2 Å². The normalized spacial score (nSPS) is 13.9. The van der Waals surface area contributed by atoms with Crippen molar-refractivity contribution in [3.8, 4) is 17.2 Å². The predicted molar refractivity (Wildman–Crippen MR) is 129 cm³/mol. The quantitative estimate of drug-likeness (QED) is 0.322. The Morgan fingerprint density at radius 3 is 2.41 bits per heavy atom. The van der Waals surface area contributed by atoms with Crippen LogP contribution in [-0.2, 0) is 6.42 Å². The lowest BCUT2D eigenvalue weighted by Gasteiger charge is -2.22. The fourth-order valence-corrected chi connectivity index (χ4v) is 4.54. The topological polar surface area (TPSA) is 56.8 Å². The number of benzene rings is 2. The number of carbonyl (C=O) groups excluding carboxylic acids is 1. The molecular formula is C26H34ClNO4. The minimum atomic E-state index is -0.111. The Morgan fingerprint density at radius 2 is 1.75 bits per heavy atom. The number of nitrogens with one attached hydrogen (secondary N) is 1. The SMILES string of the molecule is COc1c(Cl)c(C)c(C(C)=O)c(OCCNC2CCCC2)c1OCCCc1ccccc1. The summed E-state index contributed by atoms with van der Waals surface area (Å²) in [5.41, 5.74) is 2.35. The molecule has 0 unspecified atom stereocenters. The molecule has 0 spiro atoms. The number of aryl methyl sites for hydroxylation is 1. The number of hydrogen-bond donors (Lipinski definition) is 1. The summed E-state index contributed by atoms with van der Waals surface area (Å²) in [5.74, 6) is 1.12. The molecule has 0 bridgehead atoms. The standard InChI is InChI=1S/C26H34ClNO4/c1-18-22(19(2)29)24(32-17-15-28-21-13-7-8-14-21)26(25(30-3)23(18)27)31-16-9-12-20-10-5-4-6-11-20/h4-6,10-11,21,28H,7-9,12-17H2,1-3H3. The van der Waals surface area contributed by atoms with E-state index >= 15 is 0 Å². The number of methoxy groups -OCH3 is 1. The van der Waals surface area contributed by atoms with Gasteiger partial charge in [0.15, 0.2) is 17.3 Å². The van der Waals surface area contributed by atoms with Crippen molar-refractivity contribution in [2.24, 2.45) is 0 Å². The Labute approximate surface area is 196 Å². The molecule has 1 N–H and O–H groups in total. The van der Waals surface area contributed by atoms with Crippen LogP contribution in [0.1, 0.15) is 60.5 Å². The highest BCUT2D eigenvalue weighted by Crippen LogP contribution is 2.48. The Balaban J connectivity index is 1.75. The van der Waals surface area contributed by atoms with Crippen molar-refractivity contribution >= 4 is 17.4 Å². The molecule has 0 saturated heterocycles. The van der Waals surface area contributed by atoms with Gasteiger partial charge < -0.3 is 19.5 Å². The van der Waals surface area contributed by atoms with E-state index in [1.165, 1.54) is 38.2 Å². The Kier molecular flexibility index (Phi) is 9.24. The predicted octanol–water partition coefficient (Wildman–Crippen LogP) is 5.78. The van der Waals surface area contributed by atoms with Crippen LogP contribution < -0.4 is 19.5 Å². The molecule has 1 aliphatic carbocycles. The van der Waals surface area contributed by atoms with Gasteiger partial charge in [-0.15, -0.1) is 0 Å². The van der Waals surface area contributed by atoms with Crippen LogP contribution in [0.2, 0.25) is 5.02 Å². The second-order valence-corrected chi connectivity index (χ2v) is 8.66. The van der Waals surface area contributed by atoms with E-state index in [1.54, 1.807) is 7.11 Å². The number of Topliss-reactive ketones (excluding diaryl/α,β-unsaturated/α-hetero) is 1. The lowest BCUT2D eigenvalue weighted by Crippen LogP contribution is -2.30. The molecule has 1 fully saturated rings. The zero-order valence-corrected chi connectivity index (χ0v) is 20.1. The molecule has 0 radical (unpaired) electrons. The number of halogens is 1. The second-order valence-electron chi connectivity index (χ2n) is 8.28. The molecule has 0 amide bonds. The molecule has 6 heteroatoms. The first-order valence-corrected chi connectivity index (χ1v) is 11.8. The maximum Gasteiger partial charge on any atom is 0.205 e. The van der Waals surface area contributed by atoms with Crippen molar-refractivity contribution in [1.82, 2.24) is 5.32 Å². The van der Waals surface area contributed by atoms with Gasteiger partial charge in [0.1, 0.15) is 6.61 Å². The van der Waals surface area contributed by atoms with E-state index in [9.17, 15) is 4.79 Å². The molecule has 1 aliphatic rings. The van der Waals surface area contributed by atoms with Gasteiger partial charge in [0.2, 0.25) is 5.75 Å². The Hall–Kier alpha value is -2.24. The summed E-state index contributed by atoms with van der Waals surface area (Å²) in [6.45, 7) is 4.93. The van der Waals surface area contributed by atoms with Gasteiger partial charge in [-0.25, -0.2) is 0 Å². The van der Waals surface area contributed by atoms with Crippen molar-refractivity contribution in [1.29, 1.82) is 0 Å². The first kappa shape index (κ1) is 24.4. The summed E-state index contributed by atoms with van der Waals surface area (Å²) in [6, 6.07) is 10.8. The summed E-state index contributed by atoms with van der Waals surface area (Å²) in [6.07, 6.45) is 6.69. The maximum absolute atomic E-state index is 12.5. The molecule has 32 heavy (non-hydrogen) atoms. The number of ketones is 1. The monoisotopic (exact) mass is 459 g/mol. The molecule has 3 rings (SSSR count). The average molecular weight is 460 g/mol. The molecule has 0 heterocycles. The summed E-state index contributed by atoms with van der Waals surface area (Å²) in [4.78, 5) is 12.5. The van der Waals surface area contributed by atoms with Crippen molar-refractivity contribution in [2.45, 2.75) is 58.4 Å². The number of ether oxygens (including phenoxy) is 3. The lowest BCUT2D eigenvalue weighted by molar-refractivity contribution is 0.101. The van der Waals surface area contributed by atoms with Crippen LogP contribution in [0.3, 0.4) is 0 Å². The van der Waals surface area contributed by atoms with E-state index in [0.29, 0.717) is 59.2 Å². The highest BCUT2D eigenvalue weighted by atomic mass is 35.5. The van der Waals surface area contributed by atoms with Crippen LogP contribution >= 0.6 is 11.6 Å². The molecule has 174 valence electrons. The van der Waals surface area contributed by atoms with Gasteiger partial charge in [-0.1, -0.05) is 54.8 Å². The first-order valence-electron chi connectivity index (χ1n) is 11.5. The third-order valence-corrected chi connectivity index (χ3v) is 6.39. The molecule has 5 nitrogen and oxygen atoms in total. The van der Waals surface area contributed by atoms with E-state index in [2.05, 4.69) is 17.4 Å². The average Bonchev–Trinajstić information content (AvgIpc) is 3.31. The van der Waals surface area contributed by atoms with E-state index < -0.39 is 0 Å². The van der Waals surface area contributed by atoms with Crippen molar-refractivity contribution in [3.05, 3.63) is 52.0 Å². The number of rotatable bonds is 12. The minimum absolute atomic E-state index is 0.111. The van der Waals surface area contributed by atoms with Crippen LogP contribution in [-0.4, -0.2) is 38.7 Å². The number of carbonyl (C=O) groups is 1. The van der Waals surface area contributed by atoms with Crippen molar-refractivity contribution in [3.63, 3.8) is 0 Å². The van der Waals surface area contributed by atoms with Crippen LogP contribution in [0.25, 0.3) is 0 Å². The number of hydrogen-bond acceptors (Lipinski definition) is 5. The molecular weight excluding hydrogens is 426 g/mol. The van der Waals surface area contributed by atoms with Crippen LogP contribution in [0.4, 0.5) is 0 Å². The highest BCUT2D eigenvalue weighted by molar-refractivity contribution is 6.34. The van der Waals surface area contributed by atoms with Crippen LogP contribution in [0, 0.1) is 6.92 Å². The molecule has 0 aliphatic heterocycles. The molecule has 1 saturated carbocycles. The van der Waals surface area contributed by atoms with E-state index in [0.717, 1.165) is 12.8 Å². The molecule has 0 aromatic heterocycles. The minimum Gasteiger partial charge on any atom is -0.491 e. The summed E-state index contributed by atoms with van der Waals surface area (Å²) < 4.78 is 17.8. The smallest absolute Gasteiger partial charge is 0.205 e. The molecule has 2 aromatic rings. The van der Waals surface area contributed by atoms with Gasteiger partial charge in [0.25, 0.3) is 0 Å². The third kappa shape index (κ3) is 6.17. The second kappa shape index (κ2) is 12.1.